The van der Waals surface area contributed by atoms with E-state index < -0.39 is 34.3 Å². The number of benzene rings is 2. The molecule has 2 aromatic carbocycles. The summed E-state index contributed by atoms with van der Waals surface area (Å²) in [5.41, 5.74) is 0.567. The molecule has 0 saturated heterocycles. The van der Waals surface area contributed by atoms with Gasteiger partial charge < -0.3 is 10.2 Å². The lowest BCUT2D eigenvalue weighted by atomic mass is 10.1. The van der Waals surface area contributed by atoms with E-state index in [4.69, 9.17) is 23.2 Å². The lowest BCUT2D eigenvalue weighted by Crippen LogP contribution is -2.53. The van der Waals surface area contributed by atoms with Crippen LogP contribution in [0.4, 0.5) is 10.1 Å². The minimum atomic E-state index is -3.95. The number of anilines is 1. The number of halogens is 3. The average molecular weight is 559 g/mol. The molecule has 1 aliphatic rings. The van der Waals surface area contributed by atoms with Gasteiger partial charge in [-0.3, -0.25) is 13.9 Å². The first-order chi connectivity index (χ1) is 17.0. The van der Waals surface area contributed by atoms with E-state index in [1.165, 1.54) is 29.2 Å². The van der Waals surface area contributed by atoms with Gasteiger partial charge in [-0.25, -0.2) is 12.8 Å². The zero-order chi connectivity index (χ0) is 26.5. The quantitative estimate of drug-likeness (QED) is 0.456. The van der Waals surface area contributed by atoms with Crippen LogP contribution in [0.3, 0.4) is 0 Å². The van der Waals surface area contributed by atoms with Gasteiger partial charge in [0.15, 0.2) is 0 Å². The molecule has 1 N–H and O–H groups in total. The summed E-state index contributed by atoms with van der Waals surface area (Å²) in [7, 11) is -3.95. The second kappa shape index (κ2) is 12.3. The van der Waals surface area contributed by atoms with E-state index in [1.807, 2.05) is 0 Å². The smallest absolute Gasteiger partial charge is 0.244 e. The van der Waals surface area contributed by atoms with Gasteiger partial charge in [-0.15, -0.1) is 0 Å². The van der Waals surface area contributed by atoms with Crippen LogP contribution >= 0.6 is 23.2 Å². The molecule has 2 aromatic rings. The number of nitrogens with zero attached hydrogens (tertiary/aromatic N) is 2. The van der Waals surface area contributed by atoms with Gasteiger partial charge >= 0.3 is 0 Å². The third-order valence-corrected chi connectivity index (χ3v) is 7.95. The summed E-state index contributed by atoms with van der Waals surface area (Å²) in [6.07, 6.45) is 5.05. The first-order valence-electron chi connectivity index (χ1n) is 11.8. The molecular formula is C25H30Cl2FN3O4S. The van der Waals surface area contributed by atoms with E-state index in [9.17, 15) is 22.4 Å². The summed E-state index contributed by atoms with van der Waals surface area (Å²) in [5.74, 6) is -1.57. The predicted molar refractivity (Wildman–Crippen MR) is 140 cm³/mol. The number of sulfonamides is 1. The number of hydrogen-bond donors (Lipinski definition) is 1. The third-order valence-electron chi connectivity index (χ3n) is 6.22. The molecule has 1 fully saturated rings. The molecule has 36 heavy (non-hydrogen) atoms. The largest absolute Gasteiger partial charge is 0.352 e. The monoisotopic (exact) mass is 557 g/mol. The van der Waals surface area contributed by atoms with Crippen LogP contribution in [-0.2, 0) is 26.2 Å². The van der Waals surface area contributed by atoms with E-state index in [0.29, 0.717) is 22.0 Å². The summed E-state index contributed by atoms with van der Waals surface area (Å²) in [6.45, 7) is 1.14. The van der Waals surface area contributed by atoms with Gasteiger partial charge in [-0.1, -0.05) is 55.1 Å². The lowest BCUT2D eigenvalue weighted by Gasteiger charge is -2.33. The van der Waals surface area contributed by atoms with Gasteiger partial charge in [0.05, 0.1) is 11.9 Å². The Morgan fingerprint density at radius 1 is 1.14 bits per heavy atom. The molecule has 0 aromatic heterocycles. The molecule has 0 bridgehead atoms. The van der Waals surface area contributed by atoms with Crippen molar-refractivity contribution in [3.63, 3.8) is 0 Å². The Balaban J connectivity index is 1.95. The van der Waals surface area contributed by atoms with E-state index in [1.54, 1.807) is 19.1 Å². The summed E-state index contributed by atoms with van der Waals surface area (Å²) in [6, 6.07) is 9.00. The molecule has 196 valence electrons. The Morgan fingerprint density at radius 2 is 1.83 bits per heavy atom. The van der Waals surface area contributed by atoms with Gasteiger partial charge in [0.1, 0.15) is 18.4 Å². The minimum Gasteiger partial charge on any atom is -0.352 e. The maximum atomic E-state index is 13.9. The van der Waals surface area contributed by atoms with Crippen molar-refractivity contribution in [2.24, 2.45) is 0 Å². The predicted octanol–water partition coefficient (Wildman–Crippen LogP) is 4.76. The first-order valence-corrected chi connectivity index (χ1v) is 14.4. The highest BCUT2D eigenvalue weighted by Crippen LogP contribution is 2.25. The molecule has 1 atom stereocenters. The van der Waals surface area contributed by atoms with Crippen molar-refractivity contribution in [1.82, 2.24) is 10.2 Å². The van der Waals surface area contributed by atoms with Gasteiger partial charge in [-0.2, -0.15) is 0 Å². The van der Waals surface area contributed by atoms with Crippen molar-refractivity contribution in [3.8, 4) is 0 Å². The Kier molecular flexibility index (Phi) is 9.60. The standard InChI is InChI=1S/C25H30Cl2FN3O4S/c1-3-23(25(33)29-20-8-4-5-9-20)30(15-17-11-12-18(26)13-22(17)27)24(32)16-31(36(2,34)35)21-10-6-7-19(28)14-21/h6-7,10-14,20,23H,3-5,8-9,15-16H2,1-2H3,(H,29,33)/t23-/m0/s1. The maximum Gasteiger partial charge on any atom is 0.244 e. The van der Waals surface area contributed by atoms with Crippen LogP contribution in [0.25, 0.3) is 0 Å². The molecule has 1 saturated carbocycles. The summed E-state index contributed by atoms with van der Waals surface area (Å²) < 4.78 is 39.8. The van der Waals surface area contributed by atoms with Crippen molar-refractivity contribution in [2.75, 3.05) is 17.1 Å². The number of rotatable bonds is 10. The van der Waals surface area contributed by atoms with Gasteiger partial charge in [-0.05, 0) is 55.2 Å². The SMILES string of the molecule is CC[C@@H](C(=O)NC1CCCC1)N(Cc1ccc(Cl)cc1Cl)C(=O)CN(c1cccc(F)c1)S(C)(=O)=O. The fraction of sp³-hybridized carbons (Fsp3) is 0.440. The fourth-order valence-corrected chi connectivity index (χ4v) is 5.68. The van der Waals surface area contributed by atoms with Crippen LogP contribution < -0.4 is 9.62 Å². The molecule has 0 radical (unpaired) electrons. The molecule has 7 nitrogen and oxygen atoms in total. The van der Waals surface area contributed by atoms with Gasteiger partial charge in [0.2, 0.25) is 21.8 Å². The molecule has 0 heterocycles. The number of nitrogens with one attached hydrogen (secondary N) is 1. The molecule has 11 heteroatoms. The lowest BCUT2D eigenvalue weighted by molar-refractivity contribution is -0.140. The highest BCUT2D eigenvalue weighted by atomic mass is 35.5. The van der Waals surface area contributed by atoms with E-state index in [-0.39, 0.29) is 24.2 Å². The highest BCUT2D eigenvalue weighted by Gasteiger charge is 2.33. The zero-order valence-corrected chi connectivity index (χ0v) is 22.5. The summed E-state index contributed by atoms with van der Waals surface area (Å²) >= 11 is 12.4. The van der Waals surface area contributed by atoms with Gasteiger partial charge in [0, 0.05) is 22.6 Å². The molecule has 0 aliphatic heterocycles. The zero-order valence-electron chi connectivity index (χ0n) is 20.2. The maximum absolute atomic E-state index is 13.9. The van der Waals surface area contributed by atoms with Crippen molar-refractivity contribution in [3.05, 3.63) is 63.9 Å². The van der Waals surface area contributed by atoms with Crippen LogP contribution in [0.2, 0.25) is 10.0 Å². The number of carbonyl (C=O) groups excluding carboxylic acids is 2. The van der Waals surface area contributed by atoms with Crippen LogP contribution in [0.5, 0.6) is 0 Å². The first kappa shape index (κ1) is 28.2. The van der Waals surface area contributed by atoms with Crippen molar-refractivity contribution >= 4 is 50.7 Å². The minimum absolute atomic E-state index is 0.0128. The van der Waals surface area contributed by atoms with Crippen molar-refractivity contribution in [2.45, 2.75) is 57.7 Å². The topological polar surface area (TPSA) is 86.8 Å². The molecule has 2 amide bonds. The van der Waals surface area contributed by atoms with Crippen molar-refractivity contribution in [1.29, 1.82) is 0 Å². The summed E-state index contributed by atoms with van der Waals surface area (Å²) in [5, 5.41) is 3.76. The van der Waals surface area contributed by atoms with Crippen LogP contribution in [0, 0.1) is 5.82 Å². The molecular weight excluding hydrogens is 528 g/mol. The normalized spacial score (nSPS) is 14.9. The van der Waals surface area contributed by atoms with E-state index >= 15 is 0 Å². The summed E-state index contributed by atoms with van der Waals surface area (Å²) in [4.78, 5) is 28.3. The number of amides is 2. The Hall–Kier alpha value is -2.36. The van der Waals surface area contributed by atoms with Crippen molar-refractivity contribution < 1.29 is 22.4 Å². The Bertz CT molecular complexity index is 1210. The molecule has 3 rings (SSSR count). The molecule has 1 aliphatic carbocycles. The van der Waals surface area contributed by atoms with Crippen LogP contribution in [0.1, 0.15) is 44.6 Å². The fourth-order valence-electron chi connectivity index (χ4n) is 4.37. The average Bonchev–Trinajstić information content (AvgIpc) is 3.30. The Morgan fingerprint density at radius 3 is 2.42 bits per heavy atom. The van der Waals surface area contributed by atoms with Crippen LogP contribution in [-0.4, -0.2) is 50.0 Å². The van der Waals surface area contributed by atoms with Crippen LogP contribution in [0.15, 0.2) is 42.5 Å². The molecule has 0 unspecified atom stereocenters. The van der Waals surface area contributed by atoms with E-state index in [0.717, 1.165) is 42.3 Å². The Labute approximate surface area is 221 Å². The van der Waals surface area contributed by atoms with E-state index in [2.05, 4.69) is 5.32 Å². The van der Waals surface area contributed by atoms with Gasteiger partial charge in [0.25, 0.3) is 0 Å². The highest BCUT2D eigenvalue weighted by molar-refractivity contribution is 7.92. The second-order valence-electron chi connectivity index (χ2n) is 8.92. The third kappa shape index (κ3) is 7.33. The number of hydrogen-bond acceptors (Lipinski definition) is 4. The number of carbonyl (C=O) groups is 2. The second-order valence-corrected chi connectivity index (χ2v) is 11.7. The molecule has 0 spiro atoms.